The molecule has 21 heavy (non-hydrogen) atoms. The van der Waals surface area contributed by atoms with E-state index < -0.39 is 17.5 Å². The van der Waals surface area contributed by atoms with Gasteiger partial charge in [0, 0.05) is 12.1 Å². The van der Waals surface area contributed by atoms with Crippen LogP contribution in [0.15, 0.2) is 43.0 Å². The molecule has 5 heteroatoms. The molecule has 108 valence electrons. The molecule has 2 aromatic rings. The fourth-order valence-electron chi connectivity index (χ4n) is 1.70. The Morgan fingerprint density at radius 1 is 1.19 bits per heavy atom. The maximum atomic E-state index is 12.0. The number of phenolic OH excluding ortho intramolecular Hbond substituents is 2. The van der Waals surface area contributed by atoms with E-state index >= 15 is 0 Å². The van der Waals surface area contributed by atoms with Crippen molar-refractivity contribution in [2.24, 2.45) is 0 Å². The monoisotopic (exact) mass is 286 g/mol. The summed E-state index contributed by atoms with van der Waals surface area (Å²) < 4.78 is 10.0. The summed E-state index contributed by atoms with van der Waals surface area (Å²) in [5.41, 5.74) is 1.24. The molecule has 0 fully saturated rings. The second kappa shape index (κ2) is 6.00. The van der Waals surface area contributed by atoms with Gasteiger partial charge in [0.25, 0.3) is 0 Å². The van der Waals surface area contributed by atoms with Crippen LogP contribution in [0.25, 0.3) is 6.08 Å². The van der Waals surface area contributed by atoms with Crippen LogP contribution < -0.4 is 9.47 Å². The number of hydrogen-bond acceptors (Lipinski definition) is 5. The van der Waals surface area contributed by atoms with Gasteiger partial charge in [0.1, 0.15) is 5.75 Å². The molecule has 0 bridgehead atoms. The highest BCUT2D eigenvalue weighted by Gasteiger charge is 2.14. The average Bonchev–Trinajstić information content (AvgIpc) is 2.50. The third-order valence-corrected chi connectivity index (χ3v) is 2.84. The van der Waals surface area contributed by atoms with Crippen LogP contribution in [0, 0.1) is 0 Å². The first-order valence-corrected chi connectivity index (χ1v) is 6.09. The van der Waals surface area contributed by atoms with Gasteiger partial charge in [0.15, 0.2) is 11.5 Å². The van der Waals surface area contributed by atoms with Crippen molar-refractivity contribution in [2.75, 3.05) is 7.11 Å². The first-order valence-electron chi connectivity index (χ1n) is 6.09. The molecule has 0 spiro atoms. The summed E-state index contributed by atoms with van der Waals surface area (Å²) in [5, 5.41) is 19.0. The molecule has 0 aliphatic rings. The van der Waals surface area contributed by atoms with E-state index in [2.05, 4.69) is 6.58 Å². The van der Waals surface area contributed by atoms with Crippen LogP contribution in [0.1, 0.15) is 15.9 Å². The summed E-state index contributed by atoms with van der Waals surface area (Å²) in [6, 6.07) is 9.13. The SMILES string of the molecule is C=Cc1ccc(C(=O)Oc2cc(O)c(O)c(OC)c2)cc1. The minimum Gasteiger partial charge on any atom is -0.504 e. The van der Waals surface area contributed by atoms with Crippen molar-refractivity contribution in [3.05, 3.63) is 54.1 Å². The van der Waals surface area contributed by atoms with Crippen LogP contribution in [0.5, 0.6) is 23.0 Å². The van der Waals surface area contributed by atoms with Crippen LogP contribution in [0.3, 0.4) is 0 Å². The molecule has 2 aromatic carbocycles. The van der Waals surface area contributed by atoms with Gasteiger partial charge in [-0.1, -0.05) is 24.8 Å². The Labute approximate surface area is 121 Å². The maximum absolute atomic E-state index is 12.0. The highest BCUT2D eigenvalue weighted by atomic mass is 16.5. The van der Waals surface area contributed by atoms with E-state index in [1.54, 1.807) is 30.3 Å². The average molecular weight is 286 g/mol. The minimum absolute atomic E-state index is 0.0137. The Hall–Kier alpha value is -2.95. The van der Waals surface area contributed by atoms with Gasteiger partial charge in [-0.3, -0.25) is 0 Å². The van der Waals surface area contributed by atoms with Gasteiger partial charge >= 0.3 is 5.97 Å². The van der Waals surface area contributed by atoms with Crippen LogP contribution in [-0.2, 0) is 0 Å². The molecule has 0 aliphatic heterocycles. The lowest BCUT2D eigenvalue weighted by Gasteiger charge is -2.09. The maximum Gasteiger partial charge on any atom is 0.343 e. The van der Waals surface area contributed by atoms with E-state index in [0.29, 0.717) is 5.56 Å². The minimum atomic E-state index is -0.585. The summed E-state index contributed by atoms with van der Waals surface area (Å²) in [6.45, 7) is 3.63. The number of phenols is 2. The van der Waals surface area contributed by atoms with Gasteiger partial charge < -0.3 is 19.7 Å². The molecule has 0 heterocycles. The van der Waals surface area contributed by atoms with E-state index in [1.165, 1.54) is 13.2 Å². The Balaban J connectivity index is 2.22. The Kier molecular flexibility index (Phi) is 4.13. The van der Waals surface area contributed by atoms with Crippen molar-refractivity contribution >= 4 is 12.0 Å². The molecule has 0 aromatic heterocycles. The molecule has 2 rings (SSSR count). The van der Waals surface area contributed by atoms with Crippen molar-refractivity contribution < 1.29 is 24.5 Å². The van der Waals surface area contributed by atoms with Crippen LogP contribution in [0.2, 0.25) is 0 Å². The third kappa shape index (κ3) is 3.14. The largest absolute Gasteiger partial charge is 0.504 e. The second-order valence-corrected chi connectivity index (χ2v) is 4.21. The van der Waals surface area contributed by atoms with Gasteiger partial charge in [0.05, 0.1) is 12.7 Å². The summed E-state index contributed by atoms with van der Waals surface area (Å²) in [6.07, 6.45) is 1.66. The molecule has 0 atom stereocenters. The smallest absolute Gasteiger partial charge is 0.343 e. The normalized spacial score (nSPS) is 9.95. The second-order valence-electron chi connectivity index (χ2n) is 4.21. The molecule has 0 amide bonds. The number of ether oxygens (including phenoxy) is 2. The predicted octanol–water partition coefficient (Wildman–Crippen LogP) is 2.97. The topological polar surface area (TPSA) is 76.0 Å². The van der Waals surface area contributed by atoms with E-state index in [1.807, 2.05) is 0 Å². The molecule has 0 aliphatic carbocycles. The first-order chi connectivity index (χ1) is 10.0. The zero-order chi connectivity index (χ0) is 15.4. The van der Waals surface area contributed by atoms with E-state index in [9.17, 15) is 15.0 Å². The van der Waals surface area contributed by atoms with Crippen molar-refractivity contribution in [3.8, 4) is 23.0 Å². The van der Waals surface area contributed by atoms with Gasteiger partial charge in [-0.05, 0) is 17.7 Å². The van der Waals surface area contributed by atoms with Gasteiger partial charge in [0.2, 0.25) is 5.75 Å². The van der Waals surface area contributed by atoms with Gasteiger partial charge in [-0.2, -0.15) is 0 Å². The molecule has 2 N–H and O–H groups in total. The van der Waals surface area contributed by atoms with Crippen LogP contribution in [0.4, 0.5) is 0 Å². The van der Waals surface area contributed by atoms with Crippen molar-refractivity contribution in [1.29, 1.82) is 0 Å². The lowest BCUT2D eigenvalue weighted by Crippen LogP contribution is -2.08. The summed E-state index contributed by atoms with van der Waals surface area (Å²) in [7, 11) is 1.33. The number of carbonyl (C=O) groups excluding carboxylic acids is 1. The molecule has 0 unspecified atom stereocenters. The number of hydrogen-bond donors (Lipinski definition) is 2. The lowest BCUT2D eigenvalue weighted by atomic mass is 10.1. The van der Waals surface area contributed by atoms with Crippen molar-refractivity contribution in [3.63, 3.8) is 0 Å². The summed E-state index contributed by atoms with van der Waals surface area (Å²) in [4.78, 5) is 12.0. The van der Waals surface area contributed by atoms with E-state index in [0.717, 1.165) is 11.6 Å². The molecular weight excluding hydrogens is 272 g/mol. The zero-order valence-electron chi connectivity index (χ0n) is 11.4. The molecule has 0 saturated carbocycles. The van der Waals surface area contributed by atoms with Gasteiger partial charge in [-0.15, -0.1) is 0 Å². The number of aromatic hydroxyl groups is 2. The lowest BCUT2D eigenvalue weighted by molar-refractivity contribution is 0.0734. The number of rotatable bonds is 4. The predicted molar refractivity (Wildman–Crippen MR) is 77.8 cm³/mol. The standard InChI is InChI=1S/C16H14O5/c1-3-10-4-6-11(7-5-10)16(19)21-12-8-13(17)15(18)14(9-12)20-2/h3-9,17-18H,1H2,2H3. The van der Waals surface area contributed by atoms with E-state index in [4.69, 9.17) is 9.47 Å². The number of esters is 1. The third-order valence-electron chi connectivity index (χ3n) is 2.84. The number of methoxy groups -OCH3 is 1. The quantitative estimate of drug-likeness (QED) is 0.513. The highest BCUT2D eigenvalue weighted by Crippen LogP contribution is 2.39. The van der Waals surface area contributed by atoms with Gasteiger partial charge in [-0.25, -0.2) is 4.79 Å². The zero-order valence-corrected chi connectivity index (χ0v) is 11.4. The molecule has 0 radical (unpaired) electrons. The summed E-state index contributed by atoms with van der Waals surface area (Å²) >= 11 is 0. The van der Waals surface area contributed by atoms with E-state index in [-0.39, 0.29) is 11.5 Å². The molecule has 0 saturated heterocycles. The highest BCUT2D eigenvalue weighted by molar-refractivity contribution is 5.91. The van der Waals surface area contributed by atoms with Crippen LogP contribution in [-0.4, -0.2) is 23.3 Å². The summed E-state index contributed by atoms with van der Waals surface area (Å²) in [5.74, 6) is -1.34. The van der Waals surface area contributed by atoms with Crippen molar-refractivity contribution in [1.82, 2.24) is 0 Å². The Morgan fingerprint density at radius 2 is 1.86 bits per heavy atom. The number of benzene rings is 2. The first kappa shape index (κ1) is 14.5. The Bertz CT molecular complexity index is 674. The van der Waals surface area contributed by atoms with Crippen LogP contribution >= 0.6 is 0 Å². The fourth-order valence-corrected chi connectivity index (χ4v) is 1.70. The fraction of sp³-hybridized carbons (Fsp3) is 0.0625. The molecular formula is C16H14O5. The van der Waals surface area contributed by atoms with Crippen molar-refractivity contribution in [2.45, 2.75) is 0 Å². The molecule has 5 nitrogen and oxygen atoms in total. The number of carbonyl (C=O) groups is 1. The Morgan fingerprint density at radius 3 is 2.43 bits per heavy atom.